The van der Waals surface area contributed by atoms with Gasteiger partial charge in [0.25, 0.3) is 5.89 Å². The Morgan fingerprint density at radius 1 is 1.35 bits per heavy atom. The molecule has 0 radical (unpaired) electrons. The lowest BCUT2D eigenvalue weighted by Gasteiger charge is -2.50. The van der Waals surface area contributed by atoms with Gasteiger partial charge in [-0.3, -0.25) is 0 Å². The molecule has 2 N–H and O–H groups in total. The van der Waals surface area contributed by atoms with Gasteiger partial charge in [-0.25, -0.2) is 0 Å². The summed E-state index contributed by atoms with van der Waals surface area (Å²) in [5.74, 6) is 1.14. The summed E-state index contributed by atoms with van der Waals surface area (Å²) in [5, 5.41) is 17.2. The number of para-hydroxylation sites is 1. The number of rotatable bonds is 3. The molecule has 1 aliphatic rings. The topological polar surface area (TPSA) is 71.2 Å². The Morgan fingerprint density at radius 2 is 2.10 bits per heavy atom. The van der Waals surface area contributed by atoms with E-state index in [1.54, 1.807) is 6.92 Å². The number of nitrogens with one attached hydrogen (secondary N) is 1. The second kappa shape index (κ2) is 4.59. The van der Waals surface area contributed by atoms with E-state index in [-0.39, 0.29) is 17.6 Å². The van der Waals surface area contributed by atoms with Crippen molar-refractivity contribution >= 4 is 5.69 Å². The number of hydrogen-bond acceptors (Lipinski definition) is 5. The van der Waals surface area contributed by atoms with Crippen LogP contribution >= 0.6 is 0 Å². The molecule has 1 saturated carbocycles. The van der Waals surface area contributed by atoms with Crippen LogP contribution in [-0.4, -0.2) is 27.4 Å². The van der Waals surface area contributed by atoms with E-state index in [1.165, 1.54) is 0 Å². The van der Waals surface area contributed by atoms with E-state index in [0.29, 0.717) is 11.7 Å². The molecule has 1 aromatic heterocycles. The van der Waals surface area contributed by atoms with Crippen LogP contribution in [0.25, 0.3) is 11.5 Å². The van der Waals surface area contributed by atoms with E-state index >= 15 is 0 Å². The Hall–Kier alpha value is -1.88. The molecular weight excluding hydrogens is 254 g/mol. The van der Waals surface area contributed by atoms with Crippen LogP contribution < -0.4 is 5.32 Å². The summed E-state index contributed by atoms with van der Waals surface area (Å²) in [6.45, 7) is 5.94. The fraction of sp³-hybridized carbons (Fsp3) is 0.467. The molecule has 2 aromatic rings. The normalized spacial score (nSPS) is 24.2. The summed E-state index contributed by atoms with van der Waals surface area (Å²) in [6, 6.07) is 8.10. The van der Waals surface area contributed by atoms with Crippen molar-refractivity contribution in [2.24, 2.45) is 5.41 Å². The molecule has 1 fully saturated rings. The van der Waals surface area contributed by atoms with E-state index in [9.17, 15) is 5.11 Å². The van der Waals surface area contributed by atoms with Crippen LogP contribution in [0.2, 0.25) is 0 Å². The zero-order valence-corrected chi connectivity index (χ0v) is 11.9. The molecule has 0 bridgehead atoms. The van der Waals surface area contributed by atoms with Gasteiger partial charge in [-0.2, -0.15) is 4.98 Å². The number of anilines is 1. The zero-order valence-electron chi connectivity index (χ0n) is 11.9. The van der Waals surface area contributed by atoms with Crippen LogP contribution in [0.3, 0.4) is 0 Å². The standard InChI is InChI=1S/C15H19N3O2/c1-9-16-14(20-18-9)10-6-4-5-7-11(10)17-12-8-13(19)15(12,2)3/h4-7,12-13,17,19H,8H2,1-3H3. The minimum atomic E-state index is -0.252. The molecule has 3 rings (SSSR count). The number of aliphatic hydroxyl groups excluding tert-OH is 1. The highest BCUT2D eigenvalue weighted by Crippen LogP contribution is 2.43. The molecule has 20 heavy (non-hydrogen) atoms. The quantitative estimate of drug-likeness (QED) is 0.899. The molecule has 0 saturated heterocycles. The minimum absolute atomic E-state index is 0.127. The summed E-state index contributed by atoms with van der Waals surface area (Å²) in [6.07, 6.45) is 0.502. The minimum Gasteiger partial charge on any atom is -0.392 e. The van der Waals surface area contributed by atoms with E-state index in [4.69, 9.17) is 4.52 Å². The lowest BCUT2D eigenvalue weighted by atomic mass is 9.64. The maximum atomic E-state index is 9.83. The Balaban J connectivity index is 1.88. The van der Waals surface area contributed by atoms with Gasteiger partial charge in [-0.1, -0.05) is 31.1 Å². The molecule has 106 valence electrons. The molecule has 1 heterocycles. The van der Waals surface area contributed by atoms with Crippen molar-refractivity contribution in [1.82, 2.24) is 10.1 Å². The maximum absolute atomic E-state index is 9.83. The summed E-state index contributed by atoms with van der Waals surface area (Å²) in [5.41, 5.74) is 1.73. The molecule has 0 aliphatic heterocycles. The third-order valence-electron chi connectivity index (χ3n) is 4.23. The van der Waals surface area contributed by atoms with Crippen molar-refractivity contribution in [2.45, 2.75) is 39.3 Å². The number of aliphatic hydroxyl groups is 1. The van der Waals surface area contributed by atoms with E-state index in [0.717, 1.165) is 17.7 Å². The van der Waals surface area contributed by atoms with Gasteiger partial charge in [-0.15, -0.1) is 0 Å². The number of benzene rings is 1. The number of aromatic nitrogens is 2. The van der Waals surface area contributed by atoms with Crippen LogP contribution in [0.5, 0.6) is 0 Å². The van der Waals surface area contributed by atoms with Gasteiger partial charge in [0.1, 0.15) is 0 Å². The zero-order chi connectivity index (χ0) is 14.3. The maximum Gasteiger partial charge on any atom is 0.260 e. The highest BCUT2D eigenvalue weighted by molar-refractivity contribution is 5.72. The molecule has 0 amide bonds. The van der Waals surface area contributed by atoms with Crippen LogP contribution in [-0.2, 0) is 0 Å². The molecule has 2 unspecified atom stereocenters. The van der Waals surface area contributed by atoms with Gasteiger partial charge in [0.2, 0.25) is 0 Å². The lowest BCUT2D eigenvalue weighted by molar-refractivity contribution is -0.0510. The summed E-state index contributed by atoms with van der Waals surface area (Å²) < 4.78 is 5.25. The first-order valence-corrected chi connectivity index (χ1v) is 6.83. The Morgan fingerprint density at radius 3 is 2.70 bits per heavy atom. The molecule has 5 nitrogen and oxygen atoms in total. The van der Waals surface area contributed by atoms with Crippen molar-refractivity contribution < 1.29 is 9.63 Å². The Labute approximate surface area is 118 Å². The second-order valence-electron chi connectivity index (χ2n) is 5.96. The van der Waals surface area contributed by atoms with Crippen LogP contribution in [0, 0.1) is 12.3 Å². The number of nitrogens with zero attached hydrogens (tertiary/aromatic N) is 2. The molecule has 0 spiro atoms. The first-order chi connectivity index (χ1) is 9.48. The van der Waals surface area contributed by atoms with Gasteiger partial charge in [-0.05, 0) is 25.5 Å². The van der Waals surface area contributed by atoms with Crippen molar-refractivity contribution in [3.63, 3.8) is 0 Å². The third kappa shape index (κ3) is 2.08. The van der Waals surface area contributed by atoms with Crippen LogP contribution in [0.4, 0.5) is 5.69 Å². The van der Waals surface area contributed by atoms with Gasteiger partial charge in [0.15, 0.2) is 5.82 Å². The first kappa shape index (κ1) is 13.1. The molecule has 5 heteroatoms. The van der Waals surface area contributed by atoms with Gasteiger partial charge in [0, 0.05) is 17.1 Å². The smallest absolute Gasteiger partial charge is 0.260 e. The second-order valence-corrected chi connectivity index (χ2v) is 5.96. The van der Waals surface area contributed by atoms with E-state index in [1.807, 2.05) is 24.3 Å². The highest BCUT2D eigenvalue weighted by Gasteiger charge is 2.47. The van der Waals surface area contributed by atoms with Gasteiger partial charge >= 0.3 is 0 Å². The Kier molecular flexibility index (Phi) is 3.01. The average Bonchev–Trinajstić information content (AvgIpc) is 2.85. The third-order valence-corrected chi connectivity index (χ3v) is 4.23. The first-order valence-electron chi connectivity index (χ1n) is 6.83. The van der Waals surface area contributed by atoms with Gasteiger partial charge in [0.05, 0.1) is 11.7 Å². The molecular formula is C15H19N3O2. The lowest BCUT2D eigenvalue weighted by Crippen LogP contribution is -2.56. The van der Waals surface area contributed by atoms with Gasteiger partial charge < -0.3 is 14.9 Å². The van der Waals surface area contributed by atoms with E-state index < -0.39 is 0 Å². The predicted molar refractivity (Wildman–Crippen MR) is 76.3 cm³/mol. The average molecular weight is 273 g/mol. The number of hydrogen-bond donors (Lipinski definition) is 2. The van der Waals surface area contributed by atoms with Crippen LogP contribution in [0.15, 0.2) is 28.8 Å². The molecule has 1 aliphatic carbocycles. The van der Waals surface area contributed by atoms with E-state index in [2.05, 4.69) is 29.3 Å². The van der Waals surface area contributed by atoms with Crippen LogP contribution in [0.1, 0.15) is 26.1 Å². The summed E-state index contributed by atoms with van der Waals surface area (Å²) in [4.78, 5) is 4.28. The van der Waals surface area contributed by atoms with Crippen molar-refractivity contribution in [2.75, 3.05) is 5.32 Å². The fourth-order valence-corrected chi connectivity index (χ4v) is 2.54. The monoisotopic (exact) mass is 273 g/mol. The largest absolute Gasteiger partial charge is 0.392 e. The predicted octanol–water partition coefficient (Wildman–Crippen LogP) is 2.62. The summed E-state index contributed by atoms with van der Waals surface area (Å²) in [7, 11) is 0. The number of aryl methyl sites for hydroxylation is 1. The van der Waals surface area contributed by atoms with Crippen molar-refractivity contribution in [1.29, 1.82) is 0 Å². The van der Waals surface area contributed by atoms with Crippen molar-refractivity contribution in [3.8, 4) is 11.5 Å². The summed E-state index contributed by atoms with van der Waals surface area (Å²) >= 11 is 0. The molecule has 2 atom stereocenters. The fourth-order valence-electron chi connectivity index (χ4n) is 2.54. The van der Waals surface area contributed by atoms with Crippen molar-refractivity contribution in [3.05, 3.63) is 30.1 Å². The molecule has 1 aromatic carbocycles. The Bertz CT molecular complexity index is 621. The SMILES string of the molecule is Cc1noc(-c2ccccc2NC2CC(O)C2(C)C)n1. The highest BCUT2D eigenvalue weighted by atomic mass is 16.5.